The number of hydrogen-bond acceptors (Lipinski definition) is 13. The van der Waals surface area contributed by atoms with Crippen molar-refractivity contribution in [3.63, 3.8) is 0 Å². The highest BCUT2D eigenvalue weighted by molar-refractivity contribution is 6.00. The van der Waals surface area contributed by atoms with Gasteiger partial charge in [-0.25, -0.2) is 18.4 Å². The lowest BCUT2D eigenvalue weighted by molar-refractivity contribution is -0.172. The monoisotopic (exact) mass is 1380 g/mol. The molecule has 98 heavy (non-hydrogen) atoms. The third-order valence-electron chi connectivity index (χ3n) is 19.6. The molecule has 23 nitrogen and oxygen atoms in total. The number of rotatable bonds is 28. The van der Waals surface area contributed by atoms with Crippen molar-refractivity contribution in [2.24, 2.45) is 17.8 Å². The molecule has 544 valence electrons. The molecule has 2 aliphatic carbocycles. The minimum Gasteiger partial charge on any atom is -0.458 e. The molecule has 2 heterocycles. The predicted molar refractivity (Wildman–Crippen MR) is 351 cm³/mol. The third-order valence-corrected chi connectivity index (χ3v) is 19.6. The Kier molecular flexibility index (Phi) is 27.2. The maximum Gasteiger partial charge on any atom is 0.422 e. The lowest BCUT2D eigenvalue weighted by Gasteiger charge is -2.43. The summed E-state index contributed by atoms with van der Waals surface area (Å²) in [4.78, 5) is 168. The first-order chi connectivity index (χ1) is 45.8. The van der Waals surface area contributed by atoms with Crippen LogP contribution in [-0.4, -0.2) is 214 Å². The Hall–Kier alpha value is -7.94. The van der Waals surface area contributed by atoms with Crippen molar-refractivity contribution >= 4 is 65.2 Å². The van der Waals surface area contributed by atoms with Gasteiger partial charge in [-0.15, -0.1) is 0 Å². The predicted octanol–water partition coefficient (Wildman–Crippen LogP) is 7.15. The normalized spacial score (nSPS) is 19.1. The highest BCUT2D eigenvalue weighted by atomic mass is 19.4. The fourth-order valence-corrected chi connectivity index (χ4v) is 13.6. The van der Waals surface area contributed by atoms with E-state index in [2.05, 4.69) is 16.0 Å². The Bertz CT molecular complexity index is 3190. The Morgan fingerprint density at radius 3 is 1.82 bits per heavy atom. The smallest absolute Gasteiger partial charge is 0.422 e. The van der Waals surface area contributed by atoms with Gasteiger partial charge < -0.3 is 59.7 Å². The van der Waals surface area contributed by atoms with Gasteiger partial charge in [-0.2, -0.15) is 13.2 Å². The van der Waals surface area contributed by atoms with E-state index in [4.69, 9.17) is 9.47 Å². The van der Waals surface area contributed by atoms with Crippen LogP contribution in [0.15, 0.2) is 42.5 Å². The van der Waals surface area contributed by atoms with E-state index in [0.29, 0.717) is 69.1 Å². The molecule has 3 N–H and O–H groups in total. The maximum absolute atomic E-state index is 15.5. The number of nitrogens with one attached hydrogen (secondary N) is 3. The molecule has 28 heteroatoms. The number of amides is 10. The number of benzene rings is 2. The zero-order valence-electron chi connectivity index (χ0n) is 59.2. The lowest BCUT2D eigenvalue weighted by Crippen LogP contribution is -2.65. The summed E-state index contributed by atoms with van der Waals surface area (Å²) in [6, 6.07) is -0.164. The SMILES string of the molecule is CC[C@H](C)[C@H](NC(=O)[C@H](CC(C)C)N(C)C(=O)C[C@@H](C(=O)N(C)C)N(C)C(=O)[C@H](C1CCCC1)N(C)C(=O)C1(NC(=O)[C@@H]2CCCN2C(=O)[C@H](CCc2cc(F)c(C(F)(F)F)c(F)c2)NC(=O)OCc2ccccc2)CCCC1)C(=O)N(C)[C@@H](C)C(=O)N1CC[C@H]1C(=O)OC(C)(C)C. The summed E-state index contributed by atoms with van der Waals surface area (Å²) < 4.78 is 80.9. The van der Waals surface area contributed by atoms with E-state index in [1.165, 1.54) is 78.6 Å². The van der Waals surface area contributed by atoms with E-state index in [1.54, 1.807) is 58.0 Å². The molecule has 0 unspecified atom stereocenters. The number of alkyl carbamates (subject to hydrolysis) is 1. The first kappa shape index (κ1) is 79.0. The highest BCUT2D eigenvalue weighted by Gasteiger charge is 2.52. The van der Waals surface area contributed by atoms with Crippen LogP contribution < -0.4 is 16.0 Å². The summed E-state index contributed by atoms with van der Waals surface area (Å²) in [5, 5.41) is 8.35. The summed E-state index contributed by atoms with van der Waals surface area (Å²) in [5.41, 5.74) is -4.14. The maximum atomic E-state index is 15.5. The number of hydrogen-bond donors (Lipinski definition) is 3. The summed E-state index contributed by atoms with van der Waals surface area (Å²) in [6.07, 6.45) is -2.86. The summed E-state index contributed by atoms with van der Waals surface area (Å²) >= 11 is 0. The number of alkyl halides is 3. The molecule has 4 aliphatic rings. The van der Waals surface area contributed by atoms with Crippen molar-refractivity contribution in [1.29, 1.82) is 0 Å². The van der Waals surface area contributed by atoms with Crippen molar-refractivity contribution in [3.05, 3.63) is 70.8 Å². The molecule has 6 rings (SSSR count). The second kappa shape index (κ2) is 33.7. The number of likely N-dealkylation sites (tertiary alicyclic amines) is 2. The van der Waals surface area contributed by atoms with Crippen LogP contribution in [0.4, 0.5) is 26.7 Å². The van der Waals surface area contributed by atoms with Crippen LogP contribution >= 0.6 is 0 Å². The summed E-state index contributed by atoms with van der Waals surface area (Å²) in [7, 11) is 8.58. The molecular weight excluding hydrogens is 1280 g/mol. The van der Waals surface area contributed by atoms with Gasteiger partial charge >= 0.3 is 18.2 Å². The average Bonchev–Trinajstić information content (AvgIpc) is 1.40. The molecule has 10 amide bonds. The fraction of sp³-hybridized carbons (Fsp3) is 0.671. The Balaban J connectivity index is 1.20. The standard InChI is InChI=1S/C70H101F5N10O13/c1-15-42(4)56(63(92)80(11)43(5)60(89)85-35-31-51(85)65(94)98-68(6,7)8)77-58(87)52(36-41(2)3)81(12)54(86)39-53(62(91)79(9)10)82(13)64(93)57(46-26-19-20-27-46)83(14)66(95)69(32-21-22-33-69)78-59(88)50-28-23-34-84(50)61(90)49(76-67(96)97-40-44-24-17-16-18-25-44)30-29-45-37-47(71)55(48(72)38-45)70(73,74)75/h16-18,24-25,37-38,41-43,46,49-53,56-57H,15,19-23,26-36,39-40H2,1-14H3,(H,76,96)(H,77,87)(H,78,88)/t42-,43-,49-,50-,51-,52-,53-,56-,57-/m0/s1. The number of ether oxygens (including phenoxy) is 2. The Morgan fingerprint density at radius 1 is 0.673 bits per heavy atom. The second-order valence-electron chi connectivity index (χ2n) is 28.5. The van der Waals surface area contributed by atoms with Gasteiger partial charge in [-0.1, -0.05) is 90.1 Å². The van der Waals surface area contributed by atoms with Crippen molar-refractivity contribution in [1.82, 2.24) is 50.2 Å². The van der Waals surface area contributed by atoms with Gasteiger partial charge in [0.1, 0.15) is 83.3 Å². The average molecular weight is 1390 g/mol. The molecule has 0 bridgehead atoms. The van der Waals surface area contributed by atoms with E-state index in [0.717, 1.165) is 4.90 Å². The number of halogens is 5. The molecule has 9 atom stereocenters. The van der Waals surface area contributed by atoms with Crippen molar-refractivity contribution in [2.75, 3.05) is 55.4 Å². The van der Waals surface area contributed by atoms with Crippen LogP contribution in [0.25, 0.3) is 0 Å². The zero-order chi connectivity index (χ0) is 73.1. The Morgan fingerprint density at radius 2 is 1.28 bits per heavy atom. The van der Waals surface area contributed by atoms with Gasteiger partial charge in [-0.05, 0) is 133 Å². The second-order valence-corrected chi connectivity index (χ2v) is 28.5. The number of aryl methyl sites for hydroxylation is 1. The van der Waals surface area contributed by atoms with Gasteiger partial charge in [0.15, 0.2) is 0 Å². The van der Waals surface area contributed by atoms with Crippen molar-refractivity contribution in [2.45, 2.75) is 230 Å². The van der Waals surface area contributed by atoms with E-state index < -0.39 is 179 Å². The molecule has 0 spiro atoms. The molecule has 2 aliphatic heterocycles. The third kappa shape index (κ3) is 19.5. The van der Waals surface area contributed by atoms with Gasteiger partial charge in [-0.3, -0.25) is 43.2 Å². The van der Waals surface area contributed by atoms with E-state index in [1.807, 2.05) is 20.8 Å². The fourth-order valence-electron chi connectivity index (χ4n) is 13.6. The van der Waals surface area contributed by atoms with Gasteiger partial charge in [0.05, 0.1) is 6.42 Å². The number of likely N-dealkylation sites (N-methyl/N-ethyl adjacent to an activating group) is 5. The quantitative estimate of drug-likeness (QED) is 0.0565. The summed E-state index contributed by atoms with van der Waals surface area (Å²) in [6.45, 7) is 14.0. The molecule has 0 aromatic heterocycles. The molecular formula is C70H101F5N10O13. The molecule has 2 aromatic carbocycles. The highest BCUT2D eigenvalue weighted by Crippen LogP contribution is 2.38. The lowest BCUT2D eigenvalue weighted by atomic mass is 9.90. The van der Waals surface area contributed by atoms with Crippen LogP contribution in [0, 0.1) is 29.4 Å². The minimum atomic E-state index is -5.34. The zero-order valence-corrected chi connectivity index (χ0v) is 59.2. The first-order valence-corrected chi connectivity index (χ1v) is 34.1. The van der Waals surface area contributed by atoms with Crippen LogP contribution in [0.3, 0.4) is 0 Å². The molecule has 0 radical (unpaired) electrons. The molecule has 2 saturated heterocycles. The van der Waals surface area contributed by atoms with E-state index >= 15 is 9.59 Å². The number of carbonyl (C=O) groups is 11. The summed E-state index contributed by atoms with van der Waals surface area (Å²) in [5.74, 6) is -11.3. The van der Waals surface area contributed by atoms with Crippen LogP contribution in [-0.2, 0) is 76.6 Å². The minimum absolute atomic E-state index is 0.0118. The van der Waals surface area contributed by atoms with Gasteiger partial charge in [0.2, 0.25) is 53.2 Å². The number of nitrogens with zero attached hydrogens (tertiary/aromatic N) is 7. The van der Waals surface area contributed by atoms with Gasteiger partial charge in [0, 0.05) is 55.4 Å². The number of carbonyl (C=O) groups excluding carboxylic acids is 11. The van der Waals surface area contributed by atoms with Crippen molar-refractivity contribution < 1.29 is 84.2 Å². The van der Waals surface area contributed by atoms with Crippen LogP contribution in [0.2, 0.25) is 0 Å². The largest absolute Gasteiger partial charge is 0.458 e. The molecule has 2 saturated carbocycles. The van der Waals surface area contributed by atoms with Crippen molar-refractivity contribution in [3.8, 4) is 0 Å². The van der Waals surface area contributed by atoms with Crippen LogP contribution in [0.1, 0.15) is 168 Å². The molecule has 4 fully saturated rings. The van der Waals surface area contributed by atoms with E-state index in [-0.39, 0.29) is 63.3 Å². The molecule has 2 aromatic rings. The first-order valence-electron chi connectivity index (χ1n) is 34.1. The topological polar surface area (TPSA) is 265 Å². The van der Waals surface area contributed by atoms with Gasteiger partial charge in [0.25, 0.3) is 0 Å². The van der Waals surface area contributed by atoms with E-state index in [9.17, 15) is 65.1 Å². The Labute approximate surface area is 571 Å². The van der Waals surface area contributed by atoms with Crippen LogP contribution in [0.5, 0.6) is 0 Å². The number of esters is 1.